The topological polar surface area (TPSA) is 113 Å². The van der Waals surface area contributed by atoms with Gasteiger partial charge in [0.05, 0.1) is 23.5 Å². The van der Waals surface area contributed by atoms with Crippen molar-refractivity contribution in [3.63, 3.8) is 0 Å². The van der Waals surface area contributed by atoms with Crippen molar-refractivity contribution in [2.45, 2.75) is 38.1 Å². The van der Waals surface area contributed by atoms with Gasteiger partial charge in [-0.15, -0.1) is 0 Å². The van der Waals surface area contributed by atoms with Gasteiger partial charge in [-0.25, -0.2) is 0 Å². The average molecular weight is 282 g/mol. The minimum Gasteiger partial charge on any atom is -0.395 e. The molecule has 20 heavy (non-hydrogen) atoms. The fourth-order valence-corrected chi connectivity index (χ4v) is 2.39. The molecule has 5 N–H and O–H groups in total. The van der Waals surface area contributed by atoms with E-state index in [4.69, 9.17) is 10.5 Å². The molecule has 0 atom stereocenters. The molecule has 2 rings (SSSR count). The fourth-order valence-electron chi connectivity index (χ4n) is 2.39. The molecule has 0 spiro atoms. The number of nitrogens with one attached hydrogen (secondary N) is 2. The molecule has 0 bridgehead atoms. The lowest BCUT2D eigenvalue weighted by molar-refractivity contribution is 0.0124. The van der Waals surface area contributed by atoms with Crippen molar-refractivity contribution < 1.29 is 14.6 Å². The second-order valence-electron chi connectivity index (χ2n) is 5.22. The molecule has 1 aliphatic heterocycles. The van der Waals surface area contributed by atoms with Crippen LogP contribution in [0, 0.1) is 0 Å². The predicted molar refractivity (Wildman–Crippen MR) is 74.3 cm³/mol. The zero-order valence-corrected chi connectivity index (χ0v) is 11.7. The number of anilines is 1. The molecule has 112 valence electrons. The molecule has 0 unspecified atom stereocenters. The number of carbonyl (C=O) groups excluding carboxylic acids is 1. The van der Waals surface area contributed by atoms with Gasteiger partial charge in [0.25, 0.3) is 5.91 Å². The van der Waals surface area contributed by atoms with Gasteiger partial charge < -0.3 is 20.9 Å². The summed E-state index contributed by atoms with van der Waals surface area (Å²) in [5.41, 5.74) is 6.68. The SMILES string of the molecule is CCCc1[nH]nc(C(=O)NC2(CO)CCOCC2)c1N. The number of hydrogen-bond acceptors (Lipinski definition) is 5. The van der Waals surface area contributed by atoms with Crippen LogP contribution in [-0.4, -0.2) is 46.6 Å². The summed E-state index contributed by atoms with van der Waals surface area (Å²) in [7, 11) is 0. The molecule has 7 heteroatoms. The zero-order chi connectivity index (χ0) is 14.6. The number of carbonyl (C=O) groups is 1. The Hall–Kier alpha value is -1.60. The number of aromatic amines is 1. The molecule has 1 aromatic rings. The molecule has 7 nitrogen and oxygen atoms in total. The summed E-state index contributed by atoms with van der Waals surface area (Å²) in [6, 6.07) is 0. The van der Waals surface area contributed by atoms with E-state index >= 15 is 0 Å². The van der Waals surface area contributed by atoms with Crippen LogP contribution >= 0.6 is 0 Å². The number of nitrogens with two attached hydrogens (primary N) is 1. The van der Waals surface area contributed by atoms with Crippen LogP contribution in [0.15, 0.2) is 0 Å². The van der Waals surface area contributed by atoms with Crippen molar-refractivity contribution in [3.8, 4) is 0 Å². The van der Waals surface area contributed by atoms with E-state index in [1.165, 1.54) is 0 Å². The lowest BCUT2D eigenvalue weighted by Gasteiger charge is -2.36. The number of aliphatic hydroxyl groups excluding tert-OH is 1. The Bertz CT molecular complexity index is 466. The number of aliphatic hydroxyl groups is 1. The Morgan fingerprint density at radius 3 is 2.85 bits per heavy atom. The number of aryl methyl sites for hydroxylation is 1. The summed E-state index contributed by atoms with van der Waals surface area (Å²) >= 11 is 0. The third-order valence-electron chi connectivity index (χ3n) is 3.73. The number of nitrogen functional groups attached to an aromatic ring is 1. The number of ether oxygens (including phenoxy) is 1. The number of rotatable bonds is 5. The first-order chi connectivity index (χ1) is 9.62. The van der Waals surface area contributed by atoms with Crippen LogP contribution in [0.1, 0.15) is 42.4 Å². The van der Waals surface area contributed by atoms with Crippen LogP contribution in [0.25, 0.3) is 0 Å². The van der Waals surface area contributed by atoms with E-state index in [0.29, 0.717) is 31.7 Å². The molecule has 0 aromatic carbocycles. The average Bonchev–Trinajstić information content (AvgIpc) is 2.82. The first-order valence-electron chi connectivity index (χ1n) is 6.95. The standard InChI is InChI=1S/C13H22N4O3/c1-2-3-9-10(14)11(17-16-9)12(19)15-13(8-18)4-6-20-7-5-13/h18H,2-8,14H2,1H3,(H,15,19)(H,16,17). The van der Waals surface area contributed by atoms with E-state index in [0.717, 1.165) is 18.5 Å². The number of hydrogen-bond donors (Lipinski definition) is 4. The maximum atomic E-state index is 12.3. The summed E-state index contributed by atoms with van der Waals surface area (Å²) in [5, 5.41) is 19.2. The van der Waals surface area contributed by atoms with Gasteiger partial charge in [0.1, 0.15) is 0 Å². The molecule has 1 amide bonds. The van der Waals surface area contributed by atoms with Gasteiger partial charge in [-0.3, -0.25) is 9.89 Å². The summed E-state index contributed by atoms with van der Waals surface area (Å²) in [6.07, 6.45) is 2.85. The summed E-state index contributed by atoms with van der Waals surface area (Å²) in [4.78, 5) is 12.3. The van der Waals surface area contributed by atoms with E-state index in [2.05, 4.69) is 15.5 Å². The summed E-state index contributed by atoms with van der Waals surface area (Å²) in [5.74, 6) is -0.350. The molecule has 1 aliphatic rings. The van der Waals surface area contributed by atoms with Gasteiger partial charge in [0, 0.05) is 13.2 Å². The lowest BCUT2D eigenvalue weighted by atomic mass is 9.91. The highest BCUT2D eigenvalue weighted by Gasteiger charge is 2.34. The second-order valence-corrected chi connectivity index (χ2v) is 5.22. The monoisotopic (exact) mass is 282 g/mol. The summed E-state index contributed by atoms with van der Waals surface area (Å²) in [6.45, 7) is 2.97. The van der Waals surface area contributed by atoms with Crippen molar-refractivity contribution in [1.82, 2.24) is 15.5 Å². The van der Waals surface area contributed by atoms with Gasteiger partial charge in [-0.2, -0.15) is 5.10 Å². The smallest absolute Gasteiger partial charge is 0.274 e. The van der Waals surface area contributed by atoms with Gasteiger partial charge in [-0.05, 0) is 19.3 Å². The molecular weight excluding hydrogens is 260 g/mol. The van der Waals surface area contributed by atoms with Crippen LogP contribution < -0.4 is 11.1 Å². The van der Waals surface area contributed by atoms with Crippen molar-refractivity contribution in [2.24, 2.45) is 0 Å². The Morgan fingerprint density at radius 1 is 1.55 bits per heavy atom. The highest BCUT2D eigenvalue weighted by atomic mass is 16.5. The number of nitrogens with zero attached hydrogens (tertiary/aromatic N) is 1. The Kier molecular flexibility index (Phi) is 4.61. The van der Waals surface area contributed by atoms with E-state index in [9.17, 15) is 9.90 Å². The van der Waals surface area contributed by atoms with Crippen molar-refractivity contribution in [1.29, 1.82) is 0 Å². The van der Waals surface area contributed by atoms with Crippen molar-refractivity contribution >= 4 is 11.6 Å². The highest BCUT2D eigenvalue weighted by Crippen LogP contribution is 2.22. The maximum Gasteiger partial charge on any atom is 0.274 e. The van der Waals surface area contributed by atoms with E-state index in [1.807, 2.05) is 6.92 Å². The number of aromatic nitrogens is 2. The van der Waals surface area contributed by atoms with E-state index in [1.54, 1.807) is 0 Å². The molecule has 0 saturated carbocycles. The van der Waals surface area contributed by atoms with Crippen molar-refractivity contribution in [2.75, 3.05) is 25.6 Å². The molecular formula is C13H22N4O3. The largest absolute Gasteiger partial charge is 0.395 e. The quantitative estimate of drug-likeness (QED) is 0.617. The molecule has 0 radical (unpaired) electrons. The first-order valence-corrected chi connectivity index (χ1v) is 6.95. The number of H-pyrrole nitrogens is 1. The van der Waals surface area contributed by atoms with Gasteiger partial charge in [0.2, 0.25) is 0 Å². The Labute approximate surface area is 117 Å². The third kappa shape index (κ3) is 2.94. The fraction of sp³-hybridized carbons (Fsp3) is 0.692. The Balaban J connectivity index is 2.11. The lowest BCUT2D eigenvalue weighted by Crippen LogP contribution is -2.54. The van der Waals surface area contributed by atoms with Crippen LogP contribution in [-0.2, 0) is 11.2 Å². The molecule has 1 aromatic heterocycles. The van der Waals surface area contributed by atoms with Gasteiger partial charge >= 0.3 is 0 Å². The van der Waals surface area contributed by atoms with Gasteiger partial charge in [0.15, 0.2) is 5.69 Å². The zero-order valence-electron chi connectivity index (χ0n) is 11.7. The minimum atomic E-state index is -0.633. The van der Waals surface area contributed by atoms with Crippen LogP contribution in [0.3, 0.4) is 0 Å². The highest BCUT2D eigenvalue weighted by molar-refractivity contribution is 5.98. The third-order valence-corrected chi connectivity index (χ3v) is 3.73. The molecule has 1 saturated heterocycles. The van der Waals surface area contributed by atoms with E-state index < -0.39 is 5.54 Å². The number of amides is 1. The van der Waals surface area contributed by atoms with Crippen LogP contribution in [0.2, 0.25) is 0 Å². The van der Waals surface area contributed by atoms with Crippen LogP contribution in [0.4, 0.5) is 5.69 Å². The normalized spacial score (nSPS) is 17.9. The van der Waals surface area contributed by atoms with Crippen molar-refractivity contribution in [3.05, 3.63) is 11.4 Å². The first kappa shape index (κ1) is 14.8. The molecule has 2 heterocycles. The second kappa shape index (κ2) is 6.23. The Morgan fingerprint density at radius 2 is 2.25 bits per heavy atom. The van der Waals surface area contributed by atoms with Gasteiger partial charge in [-0.1, -0.05) is 13.3 Å². The maximum absolute atomic E-state index is 12.3. The predicted octanol–water partition coefficient (Wildman–Crippen LogP) is 0.216. The minimum absolute atomic E-state index is 0.117. The molecule has 0 aliphatic carbocycles. The summed E-state index contributed by atoms with van der Waals surface area (Å²) < 4.78 is 5.26. The molecule has 1 fully saturated rings. The van der Waals surface area contributed by atoms with Crippen LogP contribution in [0.5, 0.6) is 0 Å². The van der Waals surface area contributed by atoms with E-state index in [-0.39, 0.29) is 18.2 Å².